The maximum absolute atomic E-state index is 13.5. The summed E-state index contributed by atoms with van der Waals surface area (Å²) in [5, 5.41) is 4.24. The fourth-order valence-corrected chi connectivity index (χ4v) is 3.00. The number of nitrogens with zero attached hydrogens (tertiary/aromatic N) is 5. The second kappa shape index (κ2) is 6.31. The number of likely N-dealkylation sites (N-methyl/N-ethyl adjacent to an activating group) is 1. The van der Waals surface area contributed by atoms with Gasteiger partial charge in [-0.15, -0.1) is 5.10 Å². The van der Waals surface area contributed by atoms with Crippen molar-refractivity contribution in [3.63, 3.8) is 0 Å². The summed E-state index contributed by atoms with van der Waals surface area (Å²) in [6.07, 6.45) is 1.33. The topological polar surface area (TPSA) is 64.8 Å². The van der Waals surface area contributed by atoms with Gasteiger partial charge in [-0.25, -0.2) is 13.8 Å². The van der Waals surface area contributed by atoms with E-state index in [0.717, 1.165) is 0 Å². The van der Waals surface area contributed by atoms with Crippen LogP contribution in [0.5, 0.6) is 11.9 Å². The average Bonchev–Trinajstić information content (AvgIpc) is 2.95. The normalized spacial score (nSPS) is 21.0. The highest BCUT2D eigenvalue weighted by Gasteiger charge is 2.43. The molecule has 2 aromatic rings. The van der Waals surface area contributed by atoms with Crippen molar-refractivity contribution in [1.29, 1.82) is 0 Å². The number of rotatable bonds is 4. The highest BCUT2D eigenvalue weighted by Crippen LogP contribution is 2.31. The molecular weight excluding hydrogens is 400 g/mol. The van der Waals surface area contributed by atoms with E-state index in [0.29, 0.717) is 10.3 Å². The first-order valence-corrected chi connectivity index (χ1v) is 8.64. The molecule has 2 aromatic heterocycles. The summed E-state index contributed by atoms with van der Waals surface area (Å²) in [4.78, 5) is 10.1. The number of ether oxygens (including phenoxy) is 2. The molecule has 1 saturated heterocycles. The molecule has 0 unspecified atom stereocenters. The Labute approximate surface area is 152 Å². The van der Waals surface area contributed by atoms with Gasteiger partial charge in [0.1, 0.15) is 16.8 Å². The number of hydrogen-bond donors (Lipinski definition) is 0. The predicted octanol–water partition coefficient (Wildman–Crippen LogP) is 2.78. The molecule has 0 N–H and O–H groups in total. The van der Waals surface area contributed by atoms with Crippen molar-refractivity contribution in [1.82, 2.24) is 24.5 Å². The Hall–Kier alpha value is -1.55. The van der Waals surface area contributed by atoms with Gasteiger partial charge in [0.25, 0.3) is 11.8 Å². The van der Waals surface area contributed by atoms with Crippen LogP contribution in [0.2, 0.25) is 0 Å². The zero-order valence-corrected chi connectivity index (χ0v) is 16.0. The molecule has 0 aliphatic carbocycles. The third kappa shape index (κ3) is 4.17. The lowest BCUT2D eigenvalue weighted by Gasteiger charge is -2.21. The number of likely N-dealkylation sites (tertiary alicyclic amines) is 1. The van der Waals surface area contributed by atoms with E-state index >= 15 is 0 Å². The van der Waals surface area contributed by atoms with Gasteiger partial charge in [0.05, 0.1) is 12.7 Å². The standard InChI is InChI=1S/C15H20BrF2N5O2/c1-14(2,3)25-12-11-19-6-10(16)23(11)21-13(20-12)24-7-9-5-15(17,18)8-22(9)4/h6,9H,5,7-8H2,1-4H3/t9-/m0/s1. The third-order valence-corrected chi connectivity index (χ3v) is 4.26. The van der Waals surface area contributed by atoms with E-state index in [1.165, 1.54) is 4.52 Å². The quantitative estimate of drug-likeness (QED) is 0.758. The molecule has 0 saturated carbocycles. The smallest absolute Gasteiger partial charge is 0.337 e. The van der Waals surface area contributed by atoms with Crippen molar-refractivity contribution in [2.45, 2.75) is 44.8 Å². The number of aromatic nitrogens is 4. The van der Waals surface area contributed by atoms with Crippen LogP contribution < -0.4 is 9.47 Å². The van der Waals surface area contributed by atoms with Crippen molar-refractivity contribution < 1.29 is 18.3 Å². The number of hydrogen-bond acceptors (Lipinski definition) is 6. The Bertz CT molecular complexity index is 777. The van der Waals surface area contributed by atoms with Crippen LogP contribution in [0.3, 0.4) is 0 Å². The SMILES string of the molecule is CN1CC(F)(F)C[C@H]1COc1nc(OC(C)(C)C)c2ncc(Br)n2n1. The molecule has 1 aliphatic rings. The molecule has 0 aromatic carbocycles. The minimum Gasteiger partial charge on any atom is -0.469 e. The van der Waals surface area contributed by atoms with Crippen molar-refractivity contribution in [2.75, 3.05) is 20.2 Å². The molecule has 10 heteroatoms. The summed E-state index contributed by atoms with van der Waals surface area (Å²) in [7, 11) is 1.65. The van der Waals surface area contributed by atoms with Crippen molar-refractivity contribution in [3.8, 4) is 11.9 Å². The van der Waals surface area contributed by atoms with Crippen LogP contribution in [0.4, 0.5) is 8.78 Å². The molecule has 3 heterocycles. The number of fused-ring (bicyclic) bond motifs is 1. The first-order valence-electron chi connectivity index (χ1n) is 7.85. The van der Waals surface area contributed by atoms with Crippen LogP contribution in [0, 0.1) is 0 Å². The van der Waals surface area contributed by atoms with Crippen LogP contribution in [0.1, 0.15) is 27.2 Å². The zero-order chi connectivity index (χ0) is 18.4. The second-order valence-corrected chi connectivity index (χ2v) is 7.98. The van der Waals surface area contributed by atoms with Gasteiger partial charge in [0.2, 0.25) is 5.65 Å². The van der Waals surface area contributed by atoms with Crippen molar-refractivity contribution >= 4 is 21.6 Å². The average molecular weight is 420 g/mol. The van der Waals surface area contributed by atoms with E-state index in [1.807, 2.05) is 20.8 Å². The molecule has 0 radical (unpaired) electrons. The maximum Gasteiger partial charge on any atom is 0.337 e. The molecule has 7 nitrogen and oxygen atoms in total. The molecule has 1 aliphatic heterocycles. The summed E-state index contributed by atoms with van der Waals surface area (Å²) >= 11 is 3.35. The molecular formula is C15H20BrF2N5O2. The second-order valence-electron chi connectivity index (χ2n) is 7.17. The Balaban J connectivity index is 1.83. The lowest BCUT2D eigenvalue weighted by Crippen LogP contribution is -2.31. The lowest BCUT2D eigenvalue weighted by molar-refractivity contribution is 0.0136. The van der Waals surface area contributed by atoms with Crippen LogP contribution in [-0.2, 0) is 0 Å². The monoisotopic (exact) mass is 419 g/mol. The summed E-state index contributed by atoms with van der Waals surface area (Å²) in [6, 6.07) is -0.346. The van der Waals surface area contributed by atoms with Gasteiger partial charge in [-0.1, -0.05) is 0 Å². The highest BCUT2D eigenvalue weighted by atomic mass is 79.9. The molecule has 1 atom stereocenters. The van der Waals surface area contributed by atoms with Crippen molar-refractivity contribution in [3.05, 3.63) is 10.8 Å². The van der Waals surface area contributed by atoms with E-state index in [1.54, 1.807) is 18.1 Å². The first kappa shape index (κ1) is 18.2. The molecule has 0 amide bonds. The molecule has 25 heavy (non-hydrogen) atoms. The summed E-state index contributed by atoms with van der Waals surface area (Å²) in [6.45, 7) is 5.46. The lowest BCUT2D eigenvalue weighted by atomic mass is 10.2. The fourth-order valence-electron chi connectivity index (χ4n) is 2.65. The zero-order valence-electron chi connectivity index (χ0n) is 14.5. The first-order chi connectivity index (χ1) is 11.5. The van der Waals surface area contributed by atoms with Gasteiger partial charge in [-0.3, -0.25) is 4.90 Å². The molecule has 1 fully saturated rings. The highest BCUT2D eigenvalue weighted by molar-refractivity contribution is 9.10. The fraction of sp³-hybridized carbons (Fsp3) is 0.667. The van der Waals surface area contributed by atoms with E-state index < -0.39 is 17.6 Å². The Morgan fingerprint density at radius 2 is 2.12 bits per heavy atom. The number of alkyl halides is 2. The molecule has 0 spiro atoms. The van der Waals surface area contributed by atoms with E-state index in [2.05, 4.69) is 31.0 Å². The van der Waals surface area contributed by atoms with Gasteiger partial charge in [-0.2, -0.15) is 9.50 Å². The van der Waals surface area contributed by atoms with Gasteiger partial charge < -0.3 is 9.47 Å². The van der Waals surface area contributed by atoms with E-state index in [9.17, 15) is 8.78 Å². The van der Waals surface area contributed by atoms with Gasteiger partial charge in [0, 0.05) is 12.5 Å². The van der Waals surface area contributed by atoms with Crippen LogP contribution in [-0.4, -0.2) is 62.2 Å². The minimum absolute atomic E-state index is 0.0501. The summed E-state index contributed by atoms with van der Waals surface area (Å²) < 4.78 is 40.5. The summed E-state index contributed by atoms with van der Waals surface area (Å²) in [5.41, 5.74) is -0.0446. The Morgan fingerprint density at radius 3 is 2.72 bits per heavy atom. The number of halogens is 3. The third-order valence-electron chi connectivity index (χ3n) is 3.72. The van der Waals surface area contributed by atoms with Gasteiger partial charge in [0.15, 0.2) is 0 Å². The van der Waals surface area contributed by atoms with Crippen LogP contribution in [0.25, 0.3) is 5.65 Å². The van der Waals surface area contributed by atoms with E-state index in [4.69, 9.17) is 9.47 Å². The largest absolute Gasteiger partial charge is 0.469 e. The summed E-state index contributed by atoms with van der Waals surface area (Å²) in [5.74, 6) is -2.42. The van der Waals surface area contributed by atoms with Crippen LogP contribution in [0.15, 0.2) is 10.8 Å². The van der Waals surface area contributed by atoms with Crippen molar-refractivity contribution in [2.24, 2.45) is 0 Å². The molecule has 3 rings (SSSR count). The van der Waals surface area contributed by atoms with Gasteiger partial charge in [-0.05, 0) is 43.7 Å². The Morgan fingerprint density at radius 1 is 1.40 bits per heavy atom. The minimum atomic E-state index is -2.69. The number of imidazole rings is 1. The maximum atomic E-state index is 13.5. The van der Waals surface area contributed by atoms with Gasteiger partial charge >= 0.3 is 6.01 Å². The predicted molar refractivity (Wildman–Crippen MR) is 90.3 cm³/mol. The Kier molecular flexibility index (Phi) is 4.61. The van der Waals surface area contributed by atoms with E-state index in [-0.39, 0.29) is 31.5 Å². The van der Waals surface area contributed by atoms with Crippen LogP contribution >= 0.6 is 15.9 Å². The molecule has 0 bridgehead atoms. The molecule has 138 valence electrons.